The van der Waals surface area contributed by atoms with E-state index in [1.54, 1.807) is 0 Å². The summed E-state index contributed by atoms with van der Waals surface area (Å²) in [5, 5.41) is 0. The lowest BCUT2D eigenvalue weighted by Crippen LogP contribution is -2.55. The molecular formula is C22H22BBr. The predicted molar refractivity (Wildman–Crippen MR) is 111 cm³/mol. The Morgan fingerprint density at radius 1 is 0.625 bits per heavy atom. The smallest absolute Gasteiger partial charge is 0.0667 e. The first-order chi connectivity index (χ1) is 11.5. The van der Waals surface area contributed by atoms with Crippen molar-refractivity contribution in [2.45, 2.75) is 27.7 Å². The van der Waals surface area contributed by atoms with E-state index in [0.717, 1.165) is 0 Å². The fraction of sp³-hybridized carbons (Fsp3) is 0.182. The summed E-state index contributed by atoms with van der Waals surface area (Å²) in [6.07, 6.45) is 0. The van der Waals surface area contributed by atoms with Crippen LogP contribution in [0, 0.1) is 27.7 Å². The zero-order chi connectivity index (χ0) is 17.3. The third kappa shape index (κ3) is 3.08. The SMILES string of the molecule is Cc1ccccc1B(c1ccccc1C)c1c(C)ccc(Br)c1C. The van der Waals surface area contributed by atoms with E-state index in [4.69, 9.17) is 0 Å². The van der Waals surface area contributed by atoms with Crippen LogP contribution in [-0.4, -0.2) is 6.71 Å². The molecular weight excluding hydrogens is 355 g/mol. The first kappa shape index (κ1) is 17.0. The predicted octanol–water partition coefficient (Wildman–Crippen LogP) is 4.20. The van der Waals surface area contributed by atoms with E-state index >= 15 is 0 Å². The highest BCUT2D eigenvalue weighted by molar-refractivity contribution is 9.10. The molecule has 0 atom stereocenters. The first-order valence-electron chi connectivity index (χ1n) is 8.37. The van der Waals surface area contributed by atoms with E-state index in [1.165, 1.54) is 43.1 Å². The van der Waals surface area contributed by atoms with Gasteiger partial charge in [-0.1, -0.05) is 104 Å². The quantitative estimate of drug-likeness (QED) is 0.601. The standard InChI is InChI=1S/C22H22BBr/c1-15-9-5-7-11-19(15)23(20-12-8-6-10-16(20)2)22-17(3)13-14-21(24)18(22)4/h5-14H,1-4H3. The van der Waals surface area contributed by atoms with Crippen LogP contribution in [0.1, 0.15) is 22.3 Å². The van der Waals surface area contributed by atoms with E-state index in [9.17, 15) is 0 Å². The van der Waals surface area contributed by atoms with Crippen LogP contribution in [0.15, 0.2) is 65.1 Å². The largest absolute Gasteiger partial charge is 0.242 e. The molecule has 0 aliphatic heterocycles. The highest BCUT2D eigenvalue weighted by atomic mass is 79.9. The topological polar surface area (TPSA) is 0 Å². The lowest BCUT2D eigenvalue weighted by Gasteiger charge is -2.23. The van der Waals surface area contributed by atoms with Crippen molar-refractivity contribution >= 4 is 39.0 Å². The molecule has 0 spiro atoms. The van der Waals surface area contributed by atoms with Crippen LogP contribution in [-0.2, 0) is 0 Å². The molecule has 3 aromatic carbocycles. The van der Waals surface area contributed by atoms with Crippen LogP contribution in [0.25, 0.3) is 0 Å². The Balaban J connectivity index is 2.35. The summed E-state index contributed by atoms with van der Waals surface area (Å²) >= 11 is 3.73. The zero-order valence-corrected chi connectivity index (χ0v) is 16.3. The molecule has 0 radical (unpaired) electrons. The molecule has 0 aliphatic rings. The average molecular weight is 377 g/mol. The first-order valence-corrected chi connectivity index (χ1v) is 9.16. The van der Waals surface area contributed by atoms with E-state index in [1.807, 2.05) is 0 Å². The van der Waals surface area contributed by atoms with Gasteiger partial charge in [0.15, 0.2) is 0 Å². The minimum absolute atomic E-state index is 0.255. The molecule has 24 heavy (non-hydrogen) atoms. The third-order valence-electron chi connectivity index (χ3n) is 4.95. The lowest BCUT2D eigenvalue weighted by molar-refractivity contribution is 1.39. The van der Waals surface area contributed by atoms with Gasteiger partial charge in [-0.05, 0) is 39.3 Å². The van der Waals surface area contributed by atoms with Crippen molar-refractivity contribution in [1.82, 2.24) is 0 Å². The Labute approximate surface area is 154 Å². The minimum Gasteiger partial charge on any atom is -0.0667 e. The molecule has 3 rings (SSSR count). The Morgan fingerprint density at radius 2 is 1.12 bits per heavy atom. The second-order valence-corrected chi connectivity index (χ2v) is 7.40. The van der Waals surface area contributed by atoms with Gasteiger partial charge in [0.2, 0.25) is 6.71 Å². The fourth-order valence-corrected chi connectivity index (χ4v) is 3.93. The Bertz CT molecular complexity index is 837. The third-order valence-corrected chi connectivity index (χ3v) is 5.81. The maximum atomic E-state index is 3.73. The van der Waals surface area contributed by atoms with Crippen LogP contribution < -0.4 is 16.4 Å². The van der Waals surface area contributed by atoms with Gasteiger partial charge in [0.05, 0.1) is 0 Å². The molecule has 0 unspecified atom stereocenters. The highest BCUT2D eigenvalue weighted by Gasteiger charge is 2.27. The van der Waals surface area contributed by atoms with Gasteiger partial charge in [-0.3, -0.25) is 0 Å². The normalized spacial score (nSPS) is 10.7. The van der Waals surface area contributed by atoms with Crippen LogP contribution >= 0.6 is 15.9 Å². The summed E-state index contributed by atoms with van der Waals surface area (Å²) in [5.74, 6) is 0. The minimum atomic E-state index is 0.255. The molecule has 0 amide bonds. The average Bonchev–Trinajstić information content (AvgIpc) is 2.57. The van der Waals surface area contributed by atoms with Gasteiger partial charge >= 0.3 is 0 Å². The molecule has 2 heteroatoms. The number of hydrogen-bond donors (Lipinski definition) is 0. The number of hydrogen-bond acceptors (Lipinski definition) is 0. The fourth-order valence-electron chi connectivity index (χ4n) is 3.58. The number of halogens is 1. The van der Waals surface area contributed by atoms with Crippen LogP contribution in [0.3, 0.4) is 0 Å². The molecule has 0 fully saturated rings. The maximum Gasteiger partial charge on any atom is 0.242 e. The van der Waals surface area contributed by atoms with Crippen LogP contribution in [0.2, 0.25) is 0 Å². The molecule has 0 aliphatic carbocycles. The maximum absolute atomic E-state index is 3.73. The summed E-state index contributed by atoms with van der Waals surface area (Å²) in [4.78, 5) is 0. The summed E-state index contributed by atoms with van der Waals surface area (Å²) in [6.45, 7) is 9.12. The highest BCUT2D eigenvalue weighted by Crippen LogP contribution is 2.17. The van der Waals surface area contributed by atoms with Gasteiger partial charge in [0, 0.05) is 4.47 Å². The summed E-state index contributed by atoms with van der Waals surface area (Å²) < 4.78 is 1.18. The van der Waals surface area contributed by atoms with Gasteiger partial charge in [-0.25, -0.2) is 0 Å². The van der Waals surface area contributed by atoms with Crippen molar-refractivity contribution < 1.29 is 0 Å². The molecule has 0 aromatic heterocycles. The molecule has 0 nitrogen and oxygen atoms in total. The van der Waals surface area contributed by atoms with Crippen molar-refractivity contribution in [3.05, 3.63) is 87.4 Å². The number of aryl methyl sites for hydroxylation is 3. The van der Waals surface area contributed by atoms with Gasteiger partial charge in [-0.2, -0.15) is 0 Å². The van der Waals surface area contributed by atoms with E-state index in [2.05, 4.69) is 104 Å². The zero-order valence-electron chi connectivity index (χ0n) is 14.7. The van der Waals surface area contributed by atoms with Gasteiger partial charge in [-0.15, -0.1) is 0 Å². The van der Waals surface area contributed by atoms with E-state index in [0.29, 0.717) is 0 Å². The molecule has 0 bridgehead atoms. The van der Waals surface area contributed by atoms with Gasteiger partial charge < -0.3 is 0 Å². The second-order valence-electron chi connectivity index (χ2n) is 6.55. The van der Waals surface area contributed by atoms with E-state index in [-0.39, 0.29) is 6.71 Å². The summed E-state index contributed by atoms with van der Waals surface area (Å²) in [6, 6.07) is 21.9. The van der Waals surface area contributed by atoms with Crippen molar-refractivity contribution in [3.8, 4) is 0 Å². The van der Waals surface area contributed by atoms with E-state index < -0.39 is 0 Å². The lowest BCUT2D eigenvalue weighted by atomic mass is 9.34. The number of rotatable bonds is 3. The monoisotopic (exact) mass is 376 g/mol. The molecule has 0 saturated carbocycles. The molecule has 3 aromatic rings. The van der Waals surface area contributed by atoms with Crippen LogP contribution in [0.5, 0.6) is 0 Å². The van der Waals surface area contributed by atoms with Crippen molar-refractivity contribution in [3.63, 3.8) is 0 Å². The Kier molecular flexibility index (Phi) is 4.96. The van der Waals surface area contributed by atoms with Crippen molar-refractivity contribution in [1.29, 1.82) is 0 Å². The van der Waals surface area contributed by atoms with Gasteiger partial charge in [0.25, 0.3) is 0 Å². The second kappa shape index (κ2) is 6.98. The van der Waals surface area contributed by atoms with Crippen LogP contribution in [0.4, 0.5) is 0 Å². The molecule has 0 heterocycles. The van der Waals surface area contributed by atoms with Gasteiger partial charge in [0.1, 0.15) is 0 Å². The Morgan fingerprint density at radius 3 is 1.62 bits per heavy atom. The van der Waals surface area contributed by atoms with Crippen molar-refractivity contribution in [2.75, 3.05) is 0 Å². The summed E-state index contributed by atoms with van der Waals surface area (Å²) in [7, 11) is 0. The molecule has 0 saturated heterocycles. The Hall–Kier alpha value is -1.80. The molecule has 120 valence electrons. The summed E-state index contributed by atoms with van der Waals surface area (Å²) in [5.41, 5.74) is 9.52. The molecule has 0 N–H and O–H groups in total. The van der Waals surface area contributed by atoms with Crippen molar-refractivity contribution in [2.24, 2.45) is 0 Å². The number of benzene rings is 3.